The van der Waals surface area contributed by atoms with E-state index in [1.807, 2.05) is 61.9 Å². The molecule has 3 rings (SSSR count). The molecule has 0 bridgehead atoms. The van der Waals surface area contributed by atoms with Gasteiger partial charge in [-0.2, -0.15) is 5.10 Å². The molecule has 1 N–H and O–H groups in total. The van der Waals surface area contributed by atoms with Crippen molar-refractivity contribution < 1.29 is 9.53 Å². The second kappa shape index (κ2) is 7.78. The van der Waals surface area contributed by atoms with Gasteiger partial charge in [-0.25, -0.2) is 0 Å². The summed E-state index contributed by atoms with van der Waals surface area (Å²) in [5.41, 5.74) is 2.65. The van der Waals surface area contributed by atoms with Crippen molar-refractivity contribution in [2.24, 2.45) is 7.05 Å². The number of hydrogen-bond acceptors (Lipinski definition) is 3. The molecule has 0 aliphatic rings. The fraction of sp³-hybridized carbons (Fsp3) is 0.263. The van der Waals surface area contributed by atoms with Gasteiger partial charge < -0.3 is 14.6 Å². The van der Waals surface area contributed by atoms with E-state index < -0.39 is 0 Å². The van der Waals surface area contributed by atoms with E-state index >= 15 is 0 Å². The lowest BCUT2D eigenvalue weighted by molar-refractivity contribution is 0.0947. The molecule has 0 aliphatic carbocycles. The molecule has 0 spiro atoms. The highest BCUT2D eigenvalue weighted by Gasteiger charge is 2.19. The zero-order chi connectivity index (χ0) is 18.7. The predicted molar refractivity (Wildman–Crippen MR) is 104 cm³/mol. The molecule has 26 heavy (non-hydrogen) atoms. The van der Waals surface area contributed by atoms with Crippen LogP contribution in [-0.4, -0.2) is 33.4 Å². The number of halogens is 1. The summed E-state index contributed by atoms with van der Waals surface area (Å²) in [7, 11) is 1.83. The average molecular weight is 417 g/mol. The van der Waals surface area contributed by atoms with Crippen LogP contribution in [0, 0.1) is 13.8 Å². The van der Waals surface area contributed by atoms with Crippen molar-refractivity contribution in [3.8, 4) is 11.6 Å². The molecule has 1 aromatic carbocycles. The molecule has 136 valence electrons. The van der Waals surface area contributed by atoms with Gasteiger partial charge in [0.15, 0.2) is 0 Å². The van der Waals surface area contributed by atoms with Gasteiger partial charge in [0.05, 0.1) is 12.7 Å². The Morgan fingerprint density at radius 3 is 2.65 bits per heavy atom. The molecule has 7 heteroatoms. The van der Waals surface area contributed by atoms with Crippen molar-refractivity contribution in [3.05, 3.63) is 64.0 Å². The summed E-state index contributed by atoms with van der Waals surface area (Å²) >= 11 is 3.40. The number of aromatic nitrogens is 3. The molecule has 0 radical (unpaired) electrons. The van der Waals surface area contributed by atoms with Crippen LogP contribution in [0.3, 0.4) is 0 Å². The minimum absolute atomic E-state index is 0.168. The summed E-state index contributed by atoms with van der Waals surface area (Å²) in [6.45, 7) is 4.81. The number of amides is 1. The van der Waals surface area contributed by atoms with Crippen LogP contribution in [0.25, 0.3) is 5.82 Å². The standard InChI is InChI=1S/C19H21BrN4O2/c1-13-7-8-14(2)24(13)19-17(12-22-23(19)3)18(25)21-9-10-26-16-6-4-5-15(20)11-16/h4-8,11-12H,9-10H2,1-3H3,(H,21,25). The lowest BCUT2D eigenvalue weighted by Gasteiger charge is -2.13. The molecule has 0 aliphatic heterocycles. The van der Waals surface area contributed by atoms with Crippen molar-refractivity contribution in [2.45, 2.75) is 13.8 Å². The summed E-state index contributed by atoms with van der Waals surface area (Å²) in [4.78, 5) is 12.6. The van der Waals surface area contributed by atoms with Gasteiger partial charge in [-0.1, -0.05) is 22.0 Å². The molecule has 2 heterocycles. The molecular weight excluding hydrogens is 396 g/mol. The molecule has 0 unspecified atom stereocenters. The fourth-order valence-electron chi connectivity index (χ4n) is 2.84. The van der Waals surface area contributed by atoms with E-state index in [4.69, 9.17) is 4.74 Å². The summed E-state index contributed by atoms with van der Waals surface area (Å²) in [5, 5.41) is 7.16. The van der Waals surface area contributed by atoms with Crippen LogP contribution < -0.4 is 10.1 Å². The molecule has 3 aromatic rings. The van der Waals surface area contributed by atoms with E-state index in [-0.39, 0.29) is 5.91 Å². The first kappa shape index (κ1) is 18.3. The minimum Gasteiger partial charge on any atom is -0.492 e. The van der Waals surface area contributed by atoms with Crippen molar-refractivity contribution in [1.29, 1.82) is 0 Å². The summed E-state index contributed by atoms with van der Waals surface area (Å²) in [6, 6.07) is 11.7. The first-order chi connectivity index (χ1) is 12.5. The van der Waals surface area contributed by atoms with E-state index in [0.717, 1.165) is 27.4 Å². The monoisotopic (exact) mass is 416 g/mol. The number of carbonyl (C=O) groups excluding carboxylic acids is 1. The Morgan fingerprint density at radius 1 is 1.23 bits per heavy atom. The van der Waals surface area contributed by atoms with Gasteiger partial charge in [-0.3, -0.25) is 9.48 Å². The van der Waals surface area contributed by atoms with E-state index in [9.17, 15) is 4.79 Å². The average Bonchev–Trinajstić information content (AvgIpc) is 3.13. The first-order valence-corrected chi connectivity index (χ1v) is 9.10. The Bertz CT molecular complexity index is 910. The molecule has 1 amide bonds. The molecule has 0 atom stereocenters. The van der Waals surface area contributed by atoms with E-state index in [0.29, 0.717) is 18.7 Å². The van der Waals surface area contributed by atoms with Crippen LogP contribution >= 0.6 is 15.9 Å². The third-order valence-electron chi connectivity index (χ3n) is 4.09. The van der Waals surface area contributed by atoms with Gasteiger partial charge in [0, 0.05) is 22.9 Å². The van der Waals surface area contributed by atoms with Crippen LogP contribution in [0.2, 0.25) is 0 Å². The first-order valence-electron chi connectivity index (χ1n) is 8.31. The molecular formula is C19H21BrN4O2. The van der Waals surface area contributed by atoms with Gasteiger partial charge in [-0.05, 0) is 44.2 Å². The highest BCUT2D eigenvalue weighted by molar-refractivity contribution is 9.10. The Kier molecular flexibility index (Phi) is 5.46. The summed E-state index contributed by atoms with van der Waals surface area (Å²) in [6.07, 6.45) is 1.60. The van der Waals surface area contributed by atoms with Gasteiger partial charge in [0.2, 0.25) is 0 Å². The minimum atomic E-state index is -0.168. The number of ether oxygens (including phenoxy) is 1. The third kappa shape index (κ3) is 3.83. The smallest absolute Gasteiger partial charge is 0.256 e. The molecule has 0 saturated heterocycles. The molecule has 6 nitrogen and oxygen atoms in total. The predicted octanol–water partition coefficient (Wildman–Crippen LogP) is 3.40. The molecule has 0 fully saturated rings. The van der Waals surface area contributed by atoms with Gasteiger partial charge in [0.1, 0.15) is 23.7 Å². The Balaban J connectivity index is 1.66. The number of benzene rings is 1. The maximum absolute atomic E-state index is 12.6. The summed E-state index contributed by atoms with van der Waals surface area (Å²) < 4.78 is 10.3. The zero-order valence-electron chi connectivity index (χ0n) is 15.0. The number of nitrogens with zero attached hydrogens (tertiary/aromatic N) is 3. The fourth-order valence-corrected chi connectivity index (χ4v) is 3.22. The summed E-state index contributed by atoms with van der Waals surface area (Å²) in [5.74, 6) is 1.35. The lowest BCUT2D eigenvalue weighted by atomic mass is 10.3. The topological polar surface area (TPSA) is 61.1 Å². The number of rotatable bonds is 6. The molecule has 0 saturated carbocycles. The number of aryl methyl sites for hydroxylation is 3. The van der Waals surface area contributed by atoms with Gasteiger partial charge in [-0.15, -0.1) is 0 Å². The van der Waals surface area contributed by atoms with Crippen molar-refractivity contribution in [2.75, 3.05) is 13.2 Å². The third-order valence-corrected chi connectivity index (χ3v) is 4.58. The van der Waals surface area contributed by atoms with E-state index in [2.05, 4.69) is 26.3 Å². The normalized spacial score (nSPS) is 10.8. The number of carbonyl (C=O) groups is 1. The second-order valence-corrected chi connectivity index (χ2v) is 6.93. The quantitative estimate of drug-likeness (QED) is 0.626. The highest BCUT2D eigenvalue weighted by Crippen LogP contribution is 2.20. The van der Waals surface area contributed by atoms with Gasteiger partial charge >= 0.3 is 0 Å². The maximum Gasteiger partial charge on any atom is 0.256 e. The van der Waals surface area contributed by atoms with Crippen molar-refractivity contribution in [3.63, 3.8) is 0 Å². The van der Waals surface area contributed by atoms with Gasteiger partial charge in [0.25, 0.3) is 5.91 Å². The van der Waals surface area contributed by atoms with Crippen LogP contribution in [0.1, 0.15) is 21.7 Å². The van der Waals surface area contributed by atoms with Crippen molar-refractivity contribution >= 4 is 21.8 Å². The van der Waals surface area contributed by atoms with Crippen LogP contribution in [-0.2, 0) is 7.05 Å². The van der Waals surface area contributed by atoms with Crippen molar-refractivity contribution in [1.82, 2.24) is 19.7 Å². The lowest BCUT2D eigenvalue weighted by Crippen LogP contribution is -2.29. The number of nitrogens with one attached hydrogen (secondary N) is 1. The Hall–Kier alpha value is -2.54. The Morgan fingerprint density at radius 2 is 1.96 bits per heavy atom. The van der Waals surface area contributed by atoms with E-state index in [1.54, 1.807) is 10.9 Å². The number of hydrogen-bond donors (Lipinski definition) is 1. The Labute approximate surface area is 160 Å². The zero-order valence-corrected chi connectivity index (χ0v) is 16.6. The van der Waals surface area contributed by atoms with Crippen LogP contribution in [0.4, 0.5) is 0 Å². The van der Waals surface area contributed by atoms with Crippen LogP contribution in [0.15, 0.2) is 47.1 Å². The maximum atomic E-state index is 12.6. The van der Waals surface area contributed by atoms with Crippen LogP contribution in [0.5, 0.6) is 5.75 Å². The SMILES string of the molecule is Cc1ccc(C)n1-c1c(C(=O)NCCOc2cccc(Br)c2)cnn1C. The second-order valence-electron chi connectivity index (χ2n) is 6.02. The van der Waals surface area contributed by atoms with E-state index in [1.165, 1.54) is 0 Å². The molecule has 2 aromatic heterocycles. The largest absolute Gasteiger partial charge is 0.492 e. The highest BCUT2D eigenvalue weighted by atomic mass is 79.9.